The molecule has 6 rings (SSSR count). The zero-order valence-corrected chi connectivity index (χ0v) is 20.2. The largest absolute Gasteiger partial charge is 0.371 e. The molecule has 0 bridgehead atoms. The monoisotopic (exact) mass is 462 g/mol. The van der Waals surface area contributed by atoms with Gasteiger partial charge in [0.25, 0.3) is 5.56 Å². The van der Waals surface area contributed by atoms with E-state index in [2.05, 4.69) is 59.3 Å². The first-order chi connectivity index (χ1) is 16.9. The van der Waals surface area contributed by atoms with E-state index in [9.17, 15) is 9.59 Å². The van der Waals surface area contributed by atoms with Crippen LogP contribution in [0.4, 0.5) is 5.69 Å². The molecule has 0 fully saturated rings. The zero-order chi connectivity index (χ0) is 24.4. The number of rotatable bonds is 2. The van der Waals surface area contributed by atoms with Crippen LogP contribution in [-0.2, 0) is 14.1 Å². The molecule has 0 unspecified atom stereocenters. The maximum Gasteiger partial charge on any atom is 0.331 e. The molecule has 1 aliphatic heterocycles. The van der Waals surface area contributed by atoms with E-state index < -0.39 is 0 Å². The van der Waals surface area contributed by atoms with Crippen molar-refractivity contribution < 1.29 is 0 Å². The Morgan fingerprint density at radius 2 is 1.54 bits per heavy atom. The first kappa shape index (κ1) is 21.2. The van der Waals surface area contributed by atoms with E-state index in [0.29, 0.717) is 10.9 Å². The van der Waals surface area contributed by atoms with Crippen LogP contribution >= 0.6 is 0 Å². The van der Waals surface area contributed by atoms with Gasteiger partial charge in [-0.25, -0.2) is 4.79 Å². The normalized spacial score (nSPS) is 14.5. The molecule has 5 aromatic rings. The summed E-state index contributed by atoms with van der Waals surface area (Å²) in [5, 5.41) is 4.24. The minimum atomic E-state index is -0.340. The van der Waals surface area contributed by atoms with Gasteiger partial charge in [-0.05, 0) is 37.1 Å². The standard InChI is InChI=1S/C29H26N4O2/c1-17-12-14-19(15-13-17)25-23-26(31(3)29(35)32(4)28(23)34)27-24(20-9-7-8-18(2)16-20)30-21-10-5-6-11-22(21)33(25)27/h5-16,24,30H,1-4H3/t24-/m0/s1. The Morgan fingerprint density at radius 3 is 2.29 bits per heavy atom. The summed E-state index contributed by atoms with van der Waals surface area (Å²) in [6, 6.07) is 24.4. The lowest BCUT2D eigenvalue weighted by atomic mass is 9.98. The third kappa shape index (κ3) is 3.03. The molecule has 3 aromatic carbocycles. The Hall–Kier alpha value is -4.32. The van der Waals surface area contributed by atoms with Crippen LogP contribution in [0.1, 0.15) is 28.4 Å². The second-order valence-electron chi connectivity index (χ2n) is 9.37. The maximum absolute atomic E-state index is 13.7. The first-order valence-corrected chi connectivity index (χ1v) is 11.7. The van der Waals surface area contributed by atoms with Crippen LogP contribution in [0.25, 0.3) is 27.8 Å². The highest BCUT2D eigenvalue weighted by Gasteiger charge is 2.34. The van der Waals surface area contributed by atoms with Crippen LogP contribution in [0, 0.1) is 13.8 Å². The molecule has 1 aliphatic rings. The van der Waals surface area contributed by atoms with Gasteiger partial charge in [-0.1, -0.05) is 71.8 Å². The van der Waals surface area contributed by atoms with Crippen molar-refractivity contribution in [3.63, 3.8) is 0 Å². The van der Waals surface area contributed by atoms with Crippen LogP contribution in [0.15, 0.2) is 82.4 Å². The molecule has 0 aliphatic carbocycles. The number of hydrogen-bond acceptors (Lipinski definition) is 3. The molecule has 35 heavy (non-hydrogen) atoms. The quantitative estimate of drug-likeness (QED) is 0.409. The predicted molar refractivity (Wildman–Crippen MR) is 141 cm³/mol. The van der Waals surface area contributed by atoms with Gasteiger partial charge in [-0.2, -0.15) is 0 Å². The summed E-state index contributed by atoms with van der Waals surface area (Å²) in [6.45, 7) is 4.12. The second kappa shape index (κ2) is 7.60. The lowest BCUT2D eigenvalue weighted by Crippen LogP contribution is -2.37. The first-order valence-electron chi connectivity index (χ1n) is 11.7. The van der Waals surface area contributed by atoms with Gasteiger partial charge in [-0.3, -0.25) is 13.9 Å². The van der Waals surface area contributed by atoms with E-state index >= 15 is 0 Å². The van der Waals surface area contributed by atoms with E-state index in [1.165, 1.54) is 4.57 Å². The van der Waals surface area contributed by atoms with Crippen molar-refractivity contribution in [1.29, 1.82) is 0 Å². The fraction of sp³-hybridized carbons (Fsp3) is 0.172. The van der Waals surface area contributed by atoms with Crippen molar-refractivity contribution in [2.75, 3.05) is 5.32 Å². The van der Waals surface area contributed by atoms with E-state index in [4.69, 9.17) is 0 Å². The highest BCUT2D eigenvalue weighted by Crippen LogP contribution is 2.45. The lowest BCUT2D eigenvalue weighted by molar-refractivity contribution is 0.708. The van der Waals surface area contributed by atoms with Crippen molar-refractivity contribution in [3.05, 3.63) is 116 Å². The Balaban J connectivity index is 1.86. The number of nitrogens with one attached hydrogen (secondary N) is 1. The van der Waals surface area contributed by atoms with E-state index in [1.807, 2.05) is 37.3 Å². The minimum Gasteiger partial charge on any atom is -0.371 e. The smallest absolute Gasteiger partial charge is 0.331 e. The summed E-state index contributed by atoms with van der Waals surface area (Å²) in [5.74, 6) is 0. The van der Waals surface area contributed by atoms with Gasteiger partial charge in [0.15, 0.2) is 0 Å². The minimum absolute atomic E-state index is 0.246. The number of benzene rings is 3. The second-order valence-corrected chi connectivity index (χ2v) is 9.37. The molecule has 0 saturated heterocycles. The fourth-order valence-electron chi connectivity index (χ4n) is 5.30. The molecule has 0 spiro atoms. The average molecular weight is 463 g/mol. The molecule has 1 N–H and O–H groups in total. The summed E-state index contributed by atoms with van der Waals surface area (Å²) in [4.78, 5) is 26.8. The summed E-state index contributed by atoms with van der Waals surface area (Å²) < 4.78 is 4.99. The van der Waals surface area contributed by atoms with Crippen LogP contribution in [0.3, 0.4) is 0 Å². The summed E-state index contributed by atoms with van der Waals surface area (Å²) in [6.07, 6.45) is 0. The molecule has 2 aromatic heterocycles. The number of hydrogen-bond donors (Lipinski definition) is 1. The number of anilines is 1. The highest BCUT2D eigenvalue weighted by atomic mass is 16.2. The van der Waals surface area contributed by atoms with Crippen molar-refractivity contribution in [1.82, 2.24) is 13.7 Å². The van der Waals surface area contributed by atoms with Gasteiger partial charge in [0.05, 0.1) is 39.7 Å². The molecular formula is C29H26N4O2. The number of para-hydroxylation sites is 2. The molecule has 0 saturated carbocycles. The van der Waals surface area contributed by atoms with E-state index in [1.54, 1.807) is 18.7 Å². The average Bonchev–Trinajstić information content (AvgIpc) is 3.23. The number of aryl methyl sites for hydroxylation is 3. The van der Waals surface area contributed by atoms with Gasteiger partial charge >= 0.3 is 5.69 Å². The molecule has 3 heterocycles. The van der Waals surface area contributed by atoms with E-state index in [0.717, 1.165) is 45.0 Å². The third-order valence-corrected chi connectivity index (χ3v) is 7.03. The number of nitrogens with zero attached hydrogens (tertiary/aromatic N) is 3. The molecule has 174 valence electrons. The molecule has 0 amide bonds. The molecule has 0 radical (unpaired) electrons. The Labute approximate surface area is 202 Å². The maximum atomic E-state index is 13.7. The highest BCUT2D eigenvalue weighted by molar-refractivity contribution is 5.99. The summed E-state index contributed by atoms with van der Waals surface area (Å²) >= 11 is 0. The topological polar surface area (TPSA) is 61.0 Å². The van der Waals surface area contributed by atoms with Crippen molar-refractivity contribution in [3.8, 4) is 16.9 Å². The predicted octanol–water partition coefficient (Wildman–Crippen LogP) is 4.83. The van der Waals surface area contributed by atoms with Gasteiger partial charge in [0.2, 0.25) is 0 Å². The van der Waals surface area contributed by atoms with Crippen LogP contribution in [0.2, 0.25) is 0 Å². The molecule has 6 heteroatoms. The number of aromatic nitrogens is 3. The Kier molecular flexibility index (Phi) is 4.61. The Bertz CT molecular complexity index is 1750. The fourth-order valence-corrected chi connectivity index (χ4v) is 5.30. The molecule has 6 nitrogen and oxygen atoms in total. The van der Waals surface area contributed by atoms with Crippen molar-refractivity contribution >= 4 is 16.6 Å². The SMILES string of the molecule is Cc1ccc(-c2c3c(=O)n(C)c(=O)n(C)c3c3n2-c2ccccc2N[C@H]3c2cccc(C)c2)cc1. The van der Waals surface area contributed by atoms with Gasteiger partial charge in [0.1, 0.15) is 0 Å². The molecule has 1 atom stereocenters. The van der Waals surface area contributed by atoms with Crippen LogP contribution < -0.4 is 16.6 Å². The zero-order valence-electron chi connectivity index (χ0n) is 20.2. The van der Waals surface area contributed by atoms with Crippen molar-refractivity contribution in [2.45, 2.75) is 19.9 Å². The summed E-state index contributed by atoms with van der Waals surface area (Å²) in [7, 11) is 3.29. The third-order valence-electron chi connectivity index (χ3n) is 7.03. The van der Waals surface area contributed by atoms with Gasteiger partial charge in [-0.15, -0.1) is 0 Å². The Morgan fingerprint density at radius 1 is 0.800 bits per heavy atom. The lowest BCUT2D eigenvalue weighted by Gasteiger charge is -2.31. The number of fused-ring (bicyclic) bond motifs is 5. The van der Waals surface area contributed by atoms with Crippen LogP contribution in [-0.4, -0.2) is 13.7 Å². The van der Waals surface area contributed by atoms with Gasteiger partial charge in [0, 0.05) is 14.1 Å². The van der Waals surface area contributed by atoms with Gasteiger partial charge < -0.3 is 9.88 Å². The van der Waals surface area contributed by atoms with Crippen molar-refractivity contribution in [2.24, 2.45) is 14.1 Å². The molecular weight excluding hydrogens is 436 g/mol. The van der Waals surface area contributed by atoms with E-state index in [-0.39, 0.29) is 17.3 Å². The van der Waals surface area contributed by atoms with Crippen LogP contribution in [0.5, 0.6) is 0 Å². The summed E-state index contributed by atoms with van der Waals surface area (Å²) in [5.41, 5.74) is 7.93.